The lowest BCUT2D eigenvalue weighted by Gasteiger charge is -2.37. The summed E-state index contributed by atoms with van der Waals surface area (Å²) in [5.74, 6) is -0.109. The molecule has 0 spiro atoms. The summed E-state index contributed by atoms with van der Waals surface area (Å²) in [7, 11) is 0. The number of esters is 1. The highest BCUT2D eigenvalue weighted by molar-refractivity contribution is 5.81. The molecule has 1 aromatic carbocycles. The van der Waals surface area contributed by atoms with Crippen LogP contribution in [0.5, 0.6) is 0 Å². The normalized spacial score (nSPS) is 22.6. The molecule has 1 aromatic heterocycles. The molecule has 2 heterocycles. The van der Waals surface area contributed by atoms with E-state index in [0.29, 0.717) is 11.5 Å². The maximum atomic E-state index is 13.5. The lowest BCUT2D eigenvalue weighted by Crippen LogP contribution is -2.45. The Morgan fingerprint density at radius 2 is 1.84 bits per heavy atom. The van der Waals surface area contributed by atoms with Gasteiger partial charge in [-0.15, -0.1) is 0 Å². The highest BCUT2D eigenvalue weighted by Crippen LogP contribution is 2.40. The average molecular weight is 438 g/mol. The minimum Gasteiger partial charge on any atom is -0.463 e. The molecule has 3 atom stereocenters. The van der Waals surface area contributed by atoms with Crippen molar-refractivity contribution in [1.29, 1.82) is 0 Å². The maximum Gasteiger partial charge on any atom is 0.343 e. The van der Waals surface area contributed by atoms with Crippen LogP contribution in [0.2, 0.25) is 0 Å². The van der Waals surface area contributed by atoms with E-state index in [1.54, 1.807) is 0 Å². The standard InChI is InChI=1S/C26H35N3O3/c30-25(26(31,23-9-3-1-4-10-23)24-11-5-2-6-12-24)32-18-21(22-16-28-19-29-17-22)14-20-8-7-13-27-15-20/h1,3-4,9-10,16-17,19-21,24,27,31H,2,5-8,11-15,18H2/t20-,21?,26?/m1/s1. The van der Waals surface area contributed by atoms with Crippen molar-refractivity contribution in [2.45, 2.75) is 62.9 Å². The fraction of sp³-hybridized carbons (Fsp3) is 0.577. The molecule has 2 aliphatic rings. The van der Waals surface area contributed by atoms with Crippen LogP contribution < -0.4 is 5.32 Å². The van der Waals surface area contributed by atoms with E-state index in [0.717, 1.165) is 63.6 Å². The molecule has 1 saturated carbocycles. The maximum absolute atomic E-state index is 13.5. The van der Waals surface area contributed by atoms with Crippen LogP contribution in [0.15, 0.2) is 49.1 Å². The third-order valence-corrected chi connectivity index (χ3v) is 7.21. The Morgan fingerprint density at radius 1 is 1.09 bits per heavy atom. The third kappa shape index (κ3) is 5.36. The fourth-order valence-electron chi connectivity index (χ4n) is 5.37. The van der Waals surface area contributed by atoms with Crippen molar-refractivity contribution >= 4 is 5.97 Å². The van der Waals surface area contributed by atoms with Crippen LogP contribution in [-0.4, -0.2) is 40.7 Å². The Hall–Kier alpha value is -2.31. The first-order valence-electron chi connectivity index (χ1n) is 12.1. The second-order valence-corrected chi connectivity index (χ2v) is 9.38. The SMILES string of the molecule is O=C(OCC(C[C@H]1CCCNC1)c1cncnc1)C(O)(c1ccccc1)C1CCCCC1. The van der Waals surface area contributed by atoms with E-state index < -0.39 is 11.6 Å². The first-order chi connectivity index (χ1) is 15.7. The van der Waals surface area contributed by atoms with Gasteiger partial charge in [-0.2, -0.15) is 0 Å². The first-order valence-corrected chi connectivity index (χ1v) is 12.1. The number of ether oxygens (including phenoxy) is 1. The second kappa shape index (κ2) is 11.0. The molecule has 32 heavy (non-hydrogen) atoms. The predicted molar refractivity (Wildman–Crippen MR) is 123 cm³/mol. The van der Waals surface area contributed by atoms with Crippen molar-refractivity contribution in [3.05, 3.63) is 60.2 Å². The molecule has 2 aromatic rings. The zero-order valence-electron chi connectivity index (χ0n) is 18.8. The van der Waals surface area contributed by atoms with Crippen molar-refractivity contribution in [3.8, 4) is 0 Å². The van der Waals surface area contributed by atoms with E-state index in [1.165, 1.54) is 12.7 Å². The molecule has 6 nitrogen and oxygen atoms in total. The number of carbonyl (C=O) groups excluding carboxylic acids is 1. The molecular formula is C26H35N3O3. The zero-order chi connectivity index (χ0) is 22.2. The molecule has 172 valence electrons. The largest absolute Gasteiger partial charge is 0.463 e. The van der Waals surface area contributed by atoms with Gasteiger partial charge < -0.3 is 15.2 Å². The minimum absolute atomic E-state index is 0.0106. The Bertz CT molecular complexity index is 836. The van der Waals surface area contributed by atoms with E-state index in [9.17, 15) is 9.90 Å². The van der Waals surface area contributed by atoms with Gasteiger partial charge in [0.25, 0.3) is 0 Å². The fourth-order valence-corrected chi connectivity index (χ4v) is 5.37. The number of piperidine rings is 1. The summed E-state index contributed by atoms with van der Waals surface area (Å²) in [6.07, 6.45) is 13.3. The van der Waals surface area contributed by atoms with Crippen LogP contribution in [-0.2, 0) is 15.1 Å². The van der Waals surface area contributed by atoms with Gasteiger partial charge in [-0.05, 0) is 62.2 Å². The third-order valence-electron chi connectivity index (χ3n) is 7.21. The number of hydrogen-bond donors (Lipinski definition) is 2. The molecule has 4 rings (SSSR count). The lowest BCUT2D eigenvalue weighted by molar-refractivity contribution is -0.176. The van der Waals surface area contributed by atoms with Gasteiger partial charge in [0.1, 0.15) is 6.33 Å². The molecule has 6 heteroatoms. The molecule has 2 N–H and O–H groups in total. The number of carbonyl (C=O) groups is 1. The van der Waals surface area contributed by atoms with Crippen LogP contribution in [0.25, 0.3) is 0 Å². The highest BCUT2D eigenvalue weighted by atomic mass is 16.5. The van der Waals surface area contributed by atoms with Gasteiger partial charge in [0, 0.05) is 24.2 Å². The monoisotopic (exact) mass is 437 g/mol. The molecule has 0 bridgehead atoms. The lowest BCUT2D eigenvalue weighted by atomic mass is 9.73. The minimum atomic E-state index is -1.61. The summed E-state index contributed by atoms with van der Waals surface area (Å²) < 4.78 is 5.91. The quantitative estimate of drug-likeness (QED) is 0.608. The Balaban J connectivity index is 1.51. The molecular weight excluding hydrogens is 402 g/mol. The molecule has 0 amide bonds. The molecule has 1 saturated heterocycles. The number of aromatic nitrogens is 2. The van der Waals surface area contributed by atoms with Crippen molar-refractivity contribution in [1.82, 2.24) is 15.3 Å². The van der Waals surface area contributed by atoms with Gasteiger partial charge in [-0.3, -0.25) is 0 Å². The molecule has 2 unspecified atom stereocenters. The van der Waals surface area contributed by atoms with E-state index in [-0.39, 0.29) is 18.4 Å². The Morgan fingerprint density at radius 3 is 2.53 bits per heavy atom. The number of benzene rings is 1. The zero-order valence-corrected chi connectivity index (χ0v) is 18.8. The van der Waals surface area contributed by atoms with Crippen LogP contribution in [0.1, 0.15) is 68.4 Å². The van der Waals surface area contributed by atoms with Gasteiger partial charge in [0.05, 0.1) is 6.61 Å². The first kappa shape index (κ1) is 22.9. The van der Waals surface area contributed by atoms with E-state index in [1.807, 2.05) is 42.7 Å². The van der Waals surface area contributed by atoms with E-state index in [2.05, 4.69) is 15.3 Å². The summed E-state index contributed by atoms with van der Waals surface area (Å²) in [5.41, 5.74) is 0.00555. The topological polar surface area (TPSA) is 84.3 Å². The van der Waals surface area contributed by atoms with Crippen LogP contribution in [0.3, 0.4) is 0 Å². The van der Waals surface area contributed by atoms with Crippen LogP contribution >= 0.6 is 0 Å². The summed E-state index contributed by atoms with van der Waals surface area (Å²) in [5, 5.41) is 15.2. The number of hydrogen-bond acceptors (Lipinski definition) is 6. The van der Waals surface area contributed by atoms with Crippen molar-refractivity contribution in [2.24, 2.45) is 11.8 Å². The number of aliphatic hydroxyl groups is 1. The van der Waals surface area contributed by atoms with Gasteiger partial charge >= 0.3 is 5.97 Å². The number of nitrogens with one attached hydrogen (secondary N) is 1. The molecule has 1 aliphatic heterocycles. The van der Waals surface area contributed by atoms with Crippen molar-refractivity contribution in [3.63, 3.8) is 0 Å². The number of nitrogens with zero attached hydrogens (tertiary/aromatic N) is 2. The summed E-state index contributed by atoms with van der Waals surface area (Å²) in [4.78, 5) is 21.8. The summed E-state index contributed by atoms with van der Waals surface area (Å²) in [6.45, 7) is 2.27. The van der Waals surface area contributed by atoms with Gasteiger partial charge in [0.15, 0.2) is 5.60 Å². The van der Waals surface area contributed by atoms with Crippen molar-refractivity contribution in [2.75, 3.05) is 19.7 Å². The van der Waals surface area contributed by atoms with Crippen LogP contribution in [0.4, 0.5) is 0 Å². The predicted octanol–water partition coefficient (Wildman–Crippen LogP) is 3.96. The highest BCUT2D eigenvalue weighted by Gasteiger charge is 2.47. The molecule has 2 fully saturated rings. The number of rotatable bonds is 8. The van der Waals surface area contributed by atoms with Gasteiger partial charge in [0.2, 0.25) is 0 Å². The molecule has 1 aliphatic carbocycles. The van der Waals surface area contributed by atoms with E-state index >= 15 is 0 Å². The Kier molecular flexibility index (Phi) is 7.87. The average Bonchev–Trinajstić information content (AvgIpc) is 2.88. The smallest absolute Gasteiger partial charge is 0.343 e. The summed E-state index contributed by atoms with van der Waals surface area (Å²) in [6, 6.07) is 9.32. The van der Waals surface area contributed by atoms with Crippen molar-refractivity contribution < 1.29 is 14.6 Å². The Labute approximate surface area is 190 Å². The van der Waals surface area contributed by atoms with Gasteiger partial charge in [-0.25, -0.2) is 14.8 Å². The second-order valence-electron chi connectivity index (χ2n) is 9.38. The molecule has 0 radical (unpaired) electrons. The van der Waals surface area contributed by atoms with Gasteiger partial charge in [-0.1, -0.05) is 49.6 Å². The van der Waals surface area contributed by atoms with Crippen LogP contribution in [0, 0.1) is 11.8 Å². The summed E-state index contributed by atoms with van der Waals surface area (Å²) >= 11 is 0. The van der Waals surface area contributed by atoms with E-state index in [4.69, 9.17) is 4.74 Å².